The second-order valence-electron chi connectivity index (χ2n) is 10.1. The molecule has 0 radical (unpaired) electrons. The van der Waals surface area contributed by atoms with Gasteiger partial charge in [-0.25, -0.2) is 0 Å². The van der Waals surface area contributed by atoms with Crippen molar-refractivity contribution in [2.75, 3.05) is 0 Å². The molecule has 0 bridgehead atoms. The van der Waals surface area contributed by atoms with Crippen LogP contribution in [0, 0.1) is 0 Å². The molecule has 5 aromatic carbocycles. The summed E-state index contributed by atoms with van der Waals surface area (Å²) >= 11 is 1.55. The second-order valence-corrected chi connectivity index (χ2v) is 10.9. The van der Waals surface area contributed by atoms with Gasteiger partial charge in [0.15, 0.2) is 0 Å². The average molecular weight is 567 g/mol. The molecule has 1 unspecified atom stereocenters. The SMILES string of the molecule is O=C(NC1=C(c2ccsc2)NC(c2ccc(-c3ccc4ccccc4c3)cc2)(c2ccccc2O)O1)c1ccccc1. The number of benzene rings is 5. The van der Waals surface area contributed by atoms with Crippen molar-refractivity contribution in [3.8, 4) is 16.9 Å². The van der Waals surface area contributed by atoms with E-state index in [1.165, 1.54) is 10.8 Å². The van der Waals surface area contributed by atoms with Crippen molar-refractivity contribution in [3.63, 3.8) is 0 Å². The lowest BCUT2D eigenvalue weighted by Gasteiger charge is -2.32. The Morgan fingerprint density at radius 1 is 0.738 bits per heavy atom. The number of phenolic OH excluding ortho intramolecular Hbond substituents is 1. The predicted molar refractivity (Wildman–Crippen MR) is 168 cm³/mol. The van der Waals surface area contributed by atoms with Crippen LogP contribution in [0.4, 0.5) is 0 Å². The number of amides is 1. The number of hydrogen-bond donors (Lipinski definition) is 3. The number of carbonyl (C=O) groups excluding carboxylic acids is 1. The van der Waals surface area contributed by atoms with E-state index < -0.39 is 5.72 Å². The van der Waals surface area contributed by atoms with Gasteiger partial charge in [0.25, 0.3) is 5.91 Å². The Morgan fingerprint density at radius 3 is 2.21 bits per heavy atom. The first-order chi connectivity index (χ1) is 20.6. The summed E-state index contributed by atoms with van der Waals surface area (Å²) in [5.41, 5.74) is 4.16. The third-order valence-electron chi connectivity index (χ3n) is 7.51. The van der Waals surface area contributed by atoms with Crippen LogP contribution in [-0.4, -0.2) is 11.0 Å². The zero-order valence-corrected chi connectivity index (χ0v) is 23.3. The summed E-state index contributed by atoms with van der Waals surface area (Å²) in [5, 5.41) is 23.9. The lowest BCUT2D eigenvalue weighted by Crippen LogP contribution is -2.40. The Kier molecular flexibility index (Phi) is 6.45. The Bertz CT molecular complexity index is 1930. The normalized spacial score (nSPS) is 16.2. The van der Waals surface area contributed by atoms with Crippen LogP contribution in [0.1, 0.15) is 27.0 Å². The van der Waals surface area contributed by atoms with Gasteiger partial charge in [0, 0.05) is 22.1 Å². The monoisotopic (exact) mass is 566 g/mol. The molecule has 1 atom stereocenters. The van der Waals surface area contributed by atoms with Crippen LogP contribution in [0.25, 0.3) is 27.6 Å². The molecule has 0 aliphatic carbocycles. The van der Waals surface area contributed by atoms with Crippen LogP contribution < -0.4 is 10.6 Å². The molecule has 6 heteroatoms. The molecule has 7 rings (SSSR count). The fourth-order valence-corrected chi connectivity index (χ4v) is 6.02. The zero-order chi connectivity index (χ0) is 28.5. The van der Waals surface area contributed by atoms with Crippen LogP contribution in [0.2, 0.25) is 0 Å². The molecule has 1 aromatic heterocycles. The molecule has 2 heterocycles. The quantitative estimate of drug-likeness (QED) is 0.192. The van der Waals surface area contributed by atoms with E-state index in [4.69, 9.17) is 4.74 Å². The smallest absolute Gasteiger partial charge is 0.258 e. The van der Waals surface area contributed by atoms with E-state index in [1.54, 1.807) is 35.6 Å². The van der Waals surface area contributed by atoms with Crippen LogP contribution >= 0.6 is 11.3 Å². The third kappa shape index (κ3) is 4.58. The lowest BCUT2D eigenvalue weighted by molar-refractivity contribution is 0.0308. The summed E-state index contributed by atoms with van der Waals surface area (Å²) in [4.78, 5) is 13.3. The number of nitrogens with one attached hydrogen (secondary N) is 2. The Labute approximate surface area is 247 Å². The average Bonchev–Trinajstić information content (AvgIpc) is 3.71. The van der Waals surface area contributed by atoms with Gasteiger partial charge in [-0.2, -0.15) is 11.3 Å². The molecule has 3 N–H and O–H groups in total. The van der Waals surface area contributed by atoms with Crippen molar-refractivity contribution in [3.05, 3.63) is 166 Å². The first-order valence-corrected chi connectivity index (χ1v) is 14.5. The molecule has 0 saturated carbocycles. The van der Waals surface area contributed by atoms with E-state index in [9.17, 15) is 9.90 Å². The Morgan fingerprint density at radius 2 is 1.45 bits per heavy atom. The highest BCUT2D eigenvalue weighted by atomic mass is 32.1. The van der Waals surface area contributed by atoms with E-state index in [0.29, 0.717) is 16.8 Å². The molecule has 42 heavy (non-hydrogen) atoms. The molecule has 1 amide bonds. The van der Waals surface area contributed by atoms with Crippen molar-refractivity contribution < 1.29 is 14.6 Å². The summed E-state index contributed by atoms with van der Waals surface area (Å²) in [6.45, 7) is 0. The fourth-order valence-electron chi connectivity index (χ4n) is 5.37. The number of thiophene rings is 1. The molecule has 1 aliphatic heterocycles. The molecule has 6 aromatic rings. The number of aromatic hydroxyl groups is 1. The fraction of sp³-hybridized carbons (Fsp3) is 0.0278. The molecular weight excluding hydrogens is 540 g/mol. The Balaban J connectivity index is 1.31. The lowest BCUT2D eigenvalue weighted by atomic mass is 9.91. The number of carbonyl (C=O) groups is 1. The van der Waals surface area contributed by atoms with Gasteiger partial charge in [-0.1, -0.05) is 91.0 Å². The summed E-state index contributed by atoms with van der Waals surface area (Å²) in [6, 6.07) is 40.9. The van der Waals surface area contributed by atoms with Gasteiger partial charge in [0.05, 0.1) is 5.56 Å². The number of fused-ring (bicyclic) bond motifs is 1. The maximum absolute atomic E-state index is 13.3. The van der Waals surface area contributed by atoms with E-state index in [-0.39, 0.29) is 17.5 Å². The summed E-state index contributed by atoms with van der Waals surface area (Å²) < 4.78 is 6.72. The summed E-state index contributed by atoms with van der Waals surface area (Å²) in [6.07, 6.45) is 0. The molecule has 1 aliphatic rings. The molecule has 204 valence electrons. The van der Waals surface area contributed by atoms with Gasteiger partial charge in [-0.3, -0.25) is 10.1 Å². The highest BCUT2D eigenvalue weighted by Crippen LogP contribution is 2.45. The van der Waals surface area contributed by atoms with Crippen LogP contribution in [0.3, 0.4) is 0 Å². The number of rotatable bonds is 6. The standard InChI is InChI=1S/C36H26N2O3S/c39-32-13-7-6-12-31(32)36(30-18-16-25(17-19-30)28-15-14-24-8-4-5-11-27(24)22-28)38-33(29-20-21-42-23-29)35(41-36)37-34(40)26-9-2-1-3-10-26/h1-23,38-39H,(H,37,40). The minimum atomic E-state index is -1.30. The maximum Gasteiger partial charge on any atom is 0.258 e. The summed E-state index contributed by atoms with van der Waals surface area (Å²) in [5.74, 6) is 0.0629. The topological polar surface area (TPSA) is 70.6 Å². The van der Waals surface area contributed by atoms with Gasteiger partial charge in [-0.05, 0) is 63.7 Å². The van der Waals surface area contributed by atoms with Crippen LogP contribution in [-0.2, 0) is 10.5 Å². The van der Waals surface area contributed by atoms with Gasteiger partial charge in [0.2, 0.25) is 11.6 Å². The van der Waals surface area contributed by atoms with E-state index in [2.05, 4.69) is 53.1 Å². The number of para-hydroxylation sites is 1. The molecule has 5 nitrogen and oxygen atoms in total. The van der Waals surface area contributed by atoms with Crippen LogP contribution in [0.5, 0.6) is 5.75 Å². The van der Waals surface area contributed by atoms with Gasteiger partial charge >= 0.3 is 0 Å². The molecular formula is C36H26N2O3S. The zero-order valence-electron chi connectivity index (χ0n) is 22.5. The second kappa shape index (κ2) is 10.6. The summed E-state index contributed by atoms with van der Waals surface area (Å²) in [7, 11) is 0. The first kappa shape index (κ1) is 25.6. The van der Waals surface area contributed by atoms with E-state index >= 15 is 0 Å². The van der Waals surface area contributed by atoms with Crippen molar-refractivity contribution in [1.29, 1.82) is 0 Å². The van der Waals surface area contributed by atoms with Gasteiger partial charge < -0.3 is 15.2 Å². The highest BCUT2D eigenvalue weighted by Gasteiger charge is 2.46. The Hall–Kier alpha value is -5.33. The van der Waals surface area contributed by atoms with Crippen LogP contribution in [0.15, 0.2) is 144 Å². The largest absolute Gasteiger partial charge is 0.507 e. The van der Waals surface area contributed by atoms with Gasteiger partial charge in [0.1, 0.15) is 11.4 Å². The number of hydrogen-bond acceptors (Lipinski definition) is 5. The maximum atomic E-state index is 13.3. The first-order valence-electron chi connectivity index (χ1n) is 13.6. The van der Waals surface area contributed by atoms with Crippen molar-refractivity contribution in [2.24, 2.45) is 0 Å². The van der Waals surface area contributed by atoms with Crippen molar-refractivity contribution >= 4 is 33.7 Å². The third-order valence-corrected chi connectivity index (χ3v) is 8.20. The van der Waals surface area contributed by atoms with E-state index in [0.717, 1.165) is 22.3 Å². The van der Waals surface area contributed by atoms with E-state index in [1.807, 2.05) is 71.4 Å². The predicted octanol–water partition coefficient (Wildman–Crippen LogP) is 7.85. The molecule has 0 saturated heterocycles. The van der Waals surface area contributed by atoms with Crippen molar-refractivity contribution in [1.82, 2.24) is 10.6 Å². The number of phenols is 1. The van der Waals surface area contributed by atoms with Crippen molar-refractivity contribution in [2.45, 2.75) is 5.72 Å². The van der Waals surface area contributed by atoms with Gasteiger partial charge in [-0.15, -0.1) is 0 Å². The molecule has 0 spiro atoms. The molecule has 0 fully saturated rings. The number of ether oxygens (including phenoxy) is 1. The minimum Gasteiger partial charge on any atom is -0.507 e. The minimum absolute atomic E-state index is 0.0731. The highest BCUT2D eigenvalue weighted by molar-refractivity contribution is 7.08.